The lowest BCUT2D eigenvalue weighted by Gasteiger charge is -2.05. The first-order chi connectivity index (χ1) is 10.5. The van der Waals surface area contributed by atoms with Crippen LogP contribution in [0.1, 0.15) is 29.3 Å². The number of amides is 1. The quantitative estimate of drug-likeness (QED) is 0.702. The molecule has 0 aliphatic rings. The van der Waals surface area contributed by atoms with Crippen molar-refractivity contribution in [3.05, 3.63) is 39.3 Å². The molecule has 0 saturated carbocycles. The number of nitrogens with one attached hydrogen (secondary N) is 2. The highest BCUT2D eigenvalue weighted by molar-refractivity contribution is 5.76. The number of hydrogen-bond acceptors (Lipinski definition) is 6. The summed E-state index contributed by atoms with van der Waals surface area (Å²) in [6.07, 6.45) is 1.35. The molecule has 2 rings (SSSR count). The van der Waals surface area contributed by atoms with E-state index in [1.165, 1.54) is 6.07 Å². The third-order valence-electron chi connectivity index (χ3n) is 3.28. The maximum Gasteiger partial charge on any atom is 0.252 e. The topological polar surface area (TPSA) is 127 Å². The van der Waals surface area contributed by atoms with Crippen LogP contribution in [-0.4, -0.2) is 27.6 Å². The molecule has 0 aliphatic heterocycles. The highest BCUT2D eigenvalue weighted by Gasteiger charge is 2.11. The number of aromatic amines is 1. The van der Waals surface area contributed by atoms with Crippen LogP contribution in [0.5, 0.6) is 0 Å². The average molecular weight is 305 g/mol. The predicted molar refractivity (Wildman–Crippen MR) is 80.3 cm³/mol. The van der Waals surface area contributed by atoms with Crippen molar-refractivity contribution in [3.63, 3.8) is 0 Å². The van der Waals surface area contributed by atoms with Gasteiger partial charge in [0.05, 0.1) is 5.69 Å². The number of anilines is 1. The van der Waals surface area contributed by atoms with Crippen LogP contribution in [0.25, 0.3) is 0 Å². The summed E-state index contributed by atoms with van der Waals surface area (Å²) in [6, 6.07) is 1.21. The molecular weight excluding hydrogens is 286 g/mol. The number of nitrogens with two attached hydrogens (primary N) is 1. The summed E-state index contributed by atoms with van der Waals surface area (Å²) in [5, 5.41) is 6.63. The minimum absolute atomic E-state index is 0.0775. The maximum absolute atomic E-state index is 11.8. The van der Waals surface area contributed by atoms with Gasteiger partial charge in [-0.2, -0.15) is 0 Å². The van der Waals surface area contributed by atoms with Crippen LogP contribution in [0.2, 0.25) is 0 Å². The molecule has 0 radical (unpaired) electrons. The Morgan fingerprint density at radius 3 is 2.82 bits per heavy atom. The Hall–Kier alpha value is -2.64. The second-order valence-corrected chi connectivity index (χ2v) is 5.02. The van der Waals surface area contributed by atoms with Gasteiger partial charge in [0.15, 0.2) is 0 Å². The van der Waals surface area contributed by atoms with Gasteiger partial charge in [0.2, 0.25) is 5.91 Å². The Morgan fingerprint density at radius 2 is 2.18 bits per heavy atom. The summed E-state index contributed by atoms with van der Waals surface area (Å²) < 4.78 is 5.05. The molecule has 22 heavy (non-hydrogen) atoms. The van der Waals surface area contributed by atoms with Crippen molar-refractivity contribution in [2.45, 2.75) is 33.1 Å². The van der Waals surface area contributed by atoms with E-state index in [1.807, 2.05) is 13.8 Å². The van der Waals surface area contributed by atoms with Crippen molar-refractivity contribution in [3.8, 4) is 0 Å². The molecule has 118 valence electrons. The van der Waals surface area contributed by atoms with Crippen molar-refractivity contribution >= 4 is 11.7 Å². The van der Waals surface area contributed by atoms with Crippen molar-refractivity contribution in [2.24, 2.45) is 0 Å². The summed E-state index contributed by atoms with van der Waals surface area (Å²) in [7, 11) is 0. The van der Waals surface area contributed by atoms with Crippen LogP contribution < -0.4 is 16.6 Å². The number of carbonyl (C=O) groups excluding carboxylic acids is 1. The second kappa shape index (κ2) is 6.88. The van der Waals surface area contributed by atoms with E-state index in [9.17, 15) is 9.59 Å². The smallest absolute Gasteiger partial charge is 0.252 e. The highest BCUT2D eigenvalue weighted by atomic mass is 16.5. The van der Waals surface area contributed by atoms with E-state index in [-0.39, 0.29) is 17.3 Å². The third kappa shape index (κ3) is 4.18. The van der Waals surface area contributed by atoms with E-state index in [0.717, 1.165) is 17.0 Å². The molecule has 0 atom stereocenters. The SMILES string of the molecule is Cc1noc(C)c1CCC(=O)NCCc1nc(N)cc(=O)[nH]1. The molecule has 8 heteroatoms. The Balaban J connectivity index is 1.77. The summed E-state index contributed by atoms with van der Waals surface area (Å²) >= 11 is 0. The molecule has 0 aromatic carbocycles. The molecule has 0 unspecified atom stereocenters. The largest absolute Gasteiger partial charge is 0.383 e. The predicted octanol–water partition coefficient (Wildman–Crippen LogP) is 0.248. The molecule has 2 aromatic rings. The maximum atomic E-state index is 11.8. The standard InChI is InChI=1S/C14H19N5O3/c1-8-10(9(2)22-19-8)3-4-13(20)16-6-5-12-17-11(15)7-14(21)18-12/h7H,3-6H2,1-2H3,(H,16,20)(H3,15,17,18,21). The lowest BCUT2D eigenvalue weighted by molar-refractivity contribution is -0.121. The molecule has 8 nitrogen and oxygen atoms in total. The highest BCUT2D eigenvalue weighted by Crippen LogP contribution is 2.14. The molecule has 1 amide bonds. The van der Waals surface area contributed by atoms with Crippen LogP contribution in [0.3, 0.4) is 0 Å². The number of nitrogens with zero attached hydrogens (tertiary/aromatic N) is 2. The normalized spacial score (nSPS) is 10.6. The first-order valence-electron chi connectivity index (χ1n) is 7.00. The van der Waals surface area contributed by atoms with Gasteiger partial charge in [-0.3, -0.25) is 9.59 Å². The first kappa shape index (κ1) is 15.7. The Kier molecular flexibility index (Phi) is 4.92. The van der Waals surface area contributed by atoms with Gasteiger partial charge in [-0.05, 0) is 20.3 Å². The number of aromatic nitrogens is 3. The second-order valence-electron chi connectivity index (χ2n) is 5.02. The van der Waals surface area contributed by atoms with E-state index in [0.29, 0.717) is 31.6 Å². The van der Waals surface area contributed by atoms with Crippen molar-refractivity contribution in [1.29, 1.82) is 0 Å². The molecule has 4 N–H and O–H groups in total. The van der Waals surface area contributed by atoms with Gasteiger partial charge >= 0.3 is 0 Å². The number of hydrogen-bond donors (Lipinski definition) is 3. The number of rotatable bonds is 6. The van der Waals surface area contributed by atoms with E-state index >= 15 is 0 Å². The molecule has 0 bridgehead atoms. The van der Waals surface area contributed by atoms with E-state index in [4.69, 9.17) is 10.3 Å². The molecule has 0 fully saturated rings. The van der Waals surface area contributed by atoms with E-state index in [2.05, 4.69) is 20.4 Å². The summed E-state index contributed by atoms with van der Waals surface area (Å²) in [5.41, 5.74) is 6.97. The van der Waals surface area contributed by atoms with Gasteiger partial charge in [0.1, 0.15) is 17.4 Å². The Morgan fingerprint density at radius 1 is 1.41 bits per heavy atom. The fourth-order valence-electron chi connectivity index (χ4n) is 2.15. The average Bonchev–Trinajstić information content (AvgIpc) is 2.75. The van der Waals surface area contributed by atoms with Crippen LogP contribution in [0.4, 0.5) is 5.82 Å². The van der Waals surface area contributed by atoms with Gasteiger partial charge in [0.25, 0.3) is 5.56 Å². The van der Waals surface area contributed by atoms with Gasteiger partial charge in [-0.1, -0.05) is 5.16 Å². The van der Waals surface area contributed by atoms with Gasteiger partial charge in [-0.15, -0.1) is 0 Å². The van der Waals surface area contributed by atoms with Crippen LogP contribution in [0.15, 0.2) is 15.4 Å². The van der Waals surface area contributed by atoms with Crippen LogP contribution in [-0.2, 0) is 17.6 Å². The minimum atomic E-state index is -0.299. The van der Waals surface area contributed by atoms with Gasteiger partial charge < -0.3 is 20.6 Å². The fourth-order valence-corrected chi connectivity index (χ4v) is 2.15. The molecule has 2 heterocycles. The Bertz CT molecular complexity index is 700. The lowest BCUT2D eigenvalue weighted by Crippen LogP contribution is -2.27. The number of carbonyl (C=O) groups is 1. The molecule has 0 aliphatic carbocycles. The first-order valence-corrected chi connectivity index (χ1v) is 7.00. The van der Waals surface area contributed by atoms with Crippen molar-refractivity contribution in [1.82, 2.24) is 20.4 Å². The number of aryl methyl sites for hydroxylation is 2. The zero-order chi connectivity index (χ0) is 16.1. The summed E-state index contributed by atoms with van der Waals surface area (Å²) in [4.78, 5) is 29.6. The van der Waals surface area contributed by atoms with Crippen molar-refractivity contribution in [2.75, 3.05) is 12.3 Å². The van der Waals surface area contributed by atoms with Crippen LogP contribution >= 0.6 is 0 Å². The minimum Gasteiger partial charge on any atom is -0.383 e. The summed E-state index contributed by atoms with van der Waals surface area (Å²) in [5.74, 6) is 1.29. The molecule has 0 spiro atoms. The molecule has 0 saturated heterocycles. The monoisotopic (exact) mass is 305 g/mol. The van der Waals surface area contributed by atoms with Crippen LogP contribution in [0, 0.1) is 13.8 Å². The fraction of sp³-hybridized carbons (Fsp3) is 0.429. The third-order valence-corrected chi connectivity index (χ3v) is 3.28. The van der Waals surface area contributed by atoms with E-state index in [1.54, 1.807) is 0 Å². The lowest BCUT2D eigenvalue weighted by atomic mass is 10.1. The number of H-pyrrole nitrogens is 1. The summed E-state index contributed by atoms with van der Waals surface area (Å²) in [6.45, 7) is 4.06. The van der Waals surface area contributed by atoms with Gasteiger partial charge in [-0.25, -0.2) is 4.98 Å². The number of nitrogen functional groups attached to an aromatic ring is 1. The molecular formula is C14H19N5O3. The molecule has 2 aromatic heterocycles. The van der Waals surface area contributed by atoms with Gasteiger partial charge in [0, 0.05) is 31.0 Å². The zero-order valence-electron chi connectivity index (χ0n) is 12.6. The Labute approximate surface area is 127 Å². The van der Waals surface area contributed by atoms with Crippen molar-refractivity contribution < 1.29 is 9.32 Å². The zero-order valence-corrected chi connectivity index (χ0v) is 12.6. The van der Waals surface area contributed by atoms with E-state index < -0.39 is 0 Å².